The molecule has 4 rings (SSSR count). The second-order valence-electron chi connectivity index (χ2n) is 8.57. The maximum absolute atomic E-state index is 13.0. The number of hydrogen-bond donors (Lipinski definition) is 2. The Morgan fingerprint density at radius 1 is 1.14 bits per heavy atom. The van der Waals surface area contributed by atoms with Crippen LogP contribution in [-0.4, -0.2) is 49.1 Å². The molecule has 1 aromatic rings. The predicted molar refractivity (Wildman–Crippen MR) is 108 cm³/mol. The highest BCUT2D eigenvalue weighted by atomic mass is 16.5. The third kappa shape index (κ3) is 3.80. The van der Waals surface area contributed by atoms with Gasteiger partial charge in [-0.2, -0.15) is 0 Å². The van der Waals surface area contributed by atoms with E-state index >= 15 is 0 Å². The normalized spacial score (nSPS) is 30.0. The number of benzene rings is 1. The number of nitrogens with two attached hydrogens (primary N) is 1. The zero-order valence-corrected chi connectivity index (χ0v) is 16.7. The summed E-state index contributed by atoms with van der Waals surface area (Å²) in [5.74, 6) is 1.04. The van der Waals surface area contributed by atoms with E-state index in [9.17, 15) is 9.59 Å². The van der Waals surface area contributed by atoms with E-state index in [0.29, 0.717) is 43.7 Å². The van der Waals surface area contributed by atoms with Gasteiger partial charge in [0.1, 0.15) is 0 Å². The van der Waals surface area contributed by atoms with Gasteiger partial charge in [0, 0.05) is 36.3 Å². The van der Waals surface area contributed by atoms with E-state index in [0.717, 1.165) is 36.9 Å². The van der Waals surface area contributed by atoms with Gasteiger partial charge in [0.15, 0.2) is 0 Å². The van der Waals surface area contributed by atoms with Crippen molar-refractivity contribution in [2.75, 3.05) is 31.6 Å². The fourth-order valence-electron chi connectivity index (χ4n) is 5.18. The van der Waals surface area contributed by atoms with E-state index in [1.807, 2.05) is 30.0 Å². The number of anilines is 1. The Bertz CT molecular complexity index is 731. The van der Waals surface area contributed by atoms with Crippen LogP contribution in [0.25, 0.3) is 0 Å². The molecule has 3 N–H and O–H groups in total. The van der Waals surface area contributed by atoms with Gasteiger partial charge in [0.2, 0.25) is 5.91 Å². The largest absolute Gasteiger partial charge is 0.378 e. The first-order chi connectivity index (χ1) is 13.5. The number of rotatable bonds is 3. The van der Waals surface area contributed by atoms with Crippen molar-refractivity contribution in [1.29, 1.82) is 0 Å². The molecule has 1 heterocycles. The highest BCUT2D eigenvalue weighted by Crippen LogP contribution is 2.42. The summed E-state index contributed by atoms with van der Waals surface area (Å²) in [6.45, 7) is 4.29. The molecular weight excluding hydrogens is 354 g/mol. The Balaban J connectivity index is 1.46. The van der Waals surface area contributed by atoms with Crippen LogP contribution in [0.5, 0.6) is 0 Å². The van der Waals surface area contributed by atoms with Gasteiger partial charge in [-0.15, -0.1) is 0 Å². The van der Waals surface area contributed by atoms with Gasteiger partial charge in [-0.25, -0.2) is 0 Å². The summed E-state index contributed by atoms with van der Waals surface area (Å²) in [7, 11) is 0. The Morgan fingerprint density at radius 3 is 2.50 bits per heavy atom. The quantitative estimate of drug-likeness (QED) is 0.837. The third-order valence-electron chi connectivity index (χ3n) is 6.90. The lowest BCUT2D eigenvalue weighted by molar-refractivity contribution is -0.122. The summed E-state index contributed by atoms with van der Waals surface area (Å²) in [4.78, 5) is 27.7. The lowest BCUT2D eigenvalue weighted by Crippen LogP contribution is -2.48. The monoisotopic (exact) mass is 385 g/mol. The molecule has 6 nitrogen and oxygen atoms in total. The lowest BCUT2D eigenvalue weighted by Gasteiger charge is -2.43. The molecule has 152 valence electrons. The van der Waals surface area contributed by atoms with Crippen molar-refractivity contribution in [3.8, 4) is 0 Å². The number of nitrogens with one attached hydrogen (secondary N) is 1. The molecule has 0 spiro atoms. The van der Waals surface area contributed by atoms with Crippen LogP contribution in [-0.2, 0) is 9.53 Å². The van der Waals surface area contributed by atoms with Crippen molar-refractivity contribution >= 4 is 17.5 Å². The highest BCUT2D eigenvalue weighted by Gasteiger charge is 2.40. The average Bonchev–Trinajstić information content (AvgIpc) is 2.69. The minimum atomic E-state index is 0.00932. The fourth-order valence-corrected chi connectivity index (χ4v) is 5.18. The van der Waals surface area contributed by atoms with Crippen LogP contribution in [0, 0.1) is 24.7 Å². The molecule has 2 bridgehead atoms. The standard InChI is InChI=1S/C22H31N3O3/c1-14-18(22(27)25-8-10-28-11-9-25)6-3-7-19(14)24-21(26)17-12-15-4-2-5-16(13-17)20(15)23/h3,6-7,15-17,20H,2,4-5,8-13,23H2,1H3,(H,24,26). The Hall–Kier alpha value is -1.92. The predicted octanol–water partition coefficient (Wildman–Crippen LogP) is 2.56. The van der Waals surface area contributed by atoms with Gasteiger partial charge in [0.25, 0.3) is 5.91 Å². The molecule has 2 saturated carbocycles. The molecule has 28 heavy (non-hydrogen) atoms. The summed E-state index contributed by atoms with van der Waals surface area (Å²) in [6, 6.07) is 5.84. The number of morpholine rings is 1. The van der Waals surface area contributed by atoms with Crippen molar-refractivity contribution in [3.05, 3.63) is 29.3 Å². The topological polar surface area (TPSA) is 84.7 Å². The van der Waals surface area contributed by atoms with Crippen molar-refractivity contribution < 1.29 is 14.3 Å². The second-order valence-corrected chi connectivity index (χ2v) is 8.57. The SMILES string of the molecule is Cc1c(NC(=O)C2CC3CCCC(C2)C3N)cccc1C(=O)N1CCOCC1. The Labute approximate surface area is 166 Å². The number of ether oxygens (including phenoxy) is 1. The van der Waals surface area contributed by atoms with E-state index in [-0.39, 0.29) is 23.8 Å². The van der Waals surface area contributed by atoms with Crippen LogP contribution in [0.2, 0.25) is 0 Å². The molecule has 2 unspecified atom stereocenters. The van der Waals surface area contributed by atoms with Gasteiger partial charge in [-0.3, -0.25) is 9.59 Å². The van der Waals surface area contributed by atoms with E-state index in [1.54, 1.807) is 0 Å². The van der Waals surface area contributed by atoms with Crippen LogP contribution in [0.4, 0.5) is 5.69 Å². The minimum absolute atomic E-state index is 0.00932. The Kier molecular flexibility index (Phi) is 5.69. The molecule has 0 radical (unpaired) electrons. The second kappa shape index (κ2) is 8.21. The van der Waals surface area contributed by atoms with Crippen molar-refractivity contribution in [2.45, 2.75) is 45.1 Å². The zero-order valence-electron chi connectivity index (χ0n) is 16.7. The van der Waals surface area contributed by atoms with Crippen LogP contribution < -0.4 is 11.1 Å². The number of amides is 2. The molecular formula is C22H31N3O3. The lowest BCUT2D eigenvalue weighted by atomic mass is 9.65. The summed E-state index contributed by atoms with van der Waals surface area (Å²) >= 11 is 0. The summed E-state index contributed by atoms with van der Waals surface area (Å²) < 4.78 is 5.34. The Morgan fingerprint density at radius 2 is 1.82 bits per heavy atom. The van der Waals surface area contributed by atoms with Crippen LogP contribution in [0.3, 0.4) is 0 Å². The molecule has 3 fully saturated rings. The number of hydrogen-bond acceptors (Lipinski definition) is 4. The van der Waals surface area contributed by atoms with Crippen molar-refractivity contribution in [3.63, 3.8) is 0 Å². The first-order valence-corrected chi connectivity index (χ1v) is 10.6. The smallest absolute Gasteiger partial charge is 0.254 e. The highest BCUT2D eigenvalue weighted by molar-refractivity contribution is 5.99. The molecule has 2 atom stereocenters. The molecule has 0 aromatic heterocycles. The number of nitrogens with zero attached hydrogens (tertiary/aromatic N) is 1. The maximum atomic E-state index is 13.0. The van der Waals surface area contributed by atoms with Gasteiger partial charge >= 0.3 is 0 Å². The molecule has 2 aliphatic carbocycles. The molecule has 3 aliphatic rings. The summed E-state index contributed by atoms with van der Waals surface area (Å²) in [5.41, 5.74) is 8.59. The van der Waals surface area contributed by atoms with Crippen LogP contribution in [0.15, 0.2) is 18.2 Å². The first-order valence-electron chi connectivity index (χ1n) is 10.6. The number of carbonyl (C=O) groups excluding carboxylic acids is 2. The minimum Gasteiger partial charge on any atom is -0.378 e. The van der Waals surface area contributed by atoms with E-state index < -0.39 is 0 Å². The molecule has 2 amide bonds. The molecule has 1 saturated heterocycles. The fraction of sp³-hybridized carbons (Fsp3) is 0.636. The van der Waals surface area contributed by atoms with Gasteiger partial charge < -0.3 is 20.7 Å². The molecule has 1 aliphatic heterocycles. The van der Waals surface area contributed by atoms with Crippen LogP contribution >= 0.6 is 0 Å². The third-order valence-corrected chi connectivity index (χ3v) is 6.90. The van der Waals surface area contributed by atoms with Gasteiger partial charge in [-0.1, -0.05) is 12.5 Å². The van der Waals surface area contributed by atoms with Crippen molar-refractivity contribution in [1.82, 2.24) is 4.90 Å². The summed E-state index contributed by atoms with van der Waals surface area (Å²) in [6.07, 6.45) is 5.29. The summed E-state index contributed by atoms with van der Waals surface area (Å²) in [5, 5.41) is 3.11. The molecule has 6 heteroatoms. The first kappa shape index (κ1) is 19.4. The molecule has 1 aromatic carbocycles. The zero-order chi connectivity index (χ0) is 19.7. The van der Waals surface area contributed by atoms with E-state index in [2.05, 4.69) is 5.32 Å². The van der Waals surface area contributed by atoms with Crippen molar-refractivity contribution in [2.24, 2.45) is 23.5 Å². The van der Waals surface area contributed by atoms with Crippen LogP contribution in [0.1, 0.15) is 48.0 Å². The van der Waals surface area contributed by atoms with Gasteiger partial charge in [0.05, 0.1) is 13.2 Å². The van der Waals surface area contributed by atoms with E-state index in [1.165, 1.54) is 6.42 Å². The number of fused-ring (bicyclic) bond motifs is 2. The number of carbonyl (C=O) groups is 2. The van der Waals surface area contributed by atoms with E-state index in [4.69, 9.17) is 10.5 Å². The van der Waals surface area contributed by atoms with Gasteiger partial charge in [-0.05, 0) is 62.1 Å². The maximum Gasteiger partial charge on any atom is 0.254 e. The average molecular weight is 386 g/mol.